The monoisotopic (exact) mass is 316 g/mol. The second-order valence-electron chi connectivity index (χ2n) is 5.46. The molecule has 0 unspecified atom stereocenters. The Morgan fingerprint density at radius 1 is 1.26 bits per heavy atom. The molecule has 0 spiro atoms. The fourth-order valence-corrected chi connectivity index (χ4v) is 2.33. The highest BCUT2D eigenvalue weighted by atomic mass is 16.5. The summed E-state index contributed by atoms with van der Waals surface area (Å²) in [5.74, 6) is 0.0969. The highest BCUT2D eigenvalue weighted by Crippen LogP contribution is 2.31. The summed E-state index contributed by atoms with van der Waals surface area (Å²) in [6.07, 6.45) is 2.36. The van der Waals surface area contributed by atoms with Crippen molar-refractivity contribution in [3.63, 3.8) is 0 Å². The number of benzene rings is 1. The number of fused-ring (bicyclic) bond motifs is 1. The van der Waals surface area contributed by atoms with Gasteiger partial charge in [0.05, 0.1) is 18.1 Å². The molecule has 2 rings (SSSR count). The van der Waals surface area contributed by atoms with Crippen LogP contribution in [0.25, 0.3) is 11.0 Å². The largest absolute Gasteiger partial charge is 0.495 e. The topological polar surface area (TPSA) is 65.7 Å². The first kappa shape index (κ1) is 16.8. The second kappa shape index (κ2) is 7.13. The van der Waals surface area contributed by atoms with Crippen LogP contribution in [0.5, 0.6) is 5.75 Å². The normalized spacial score (nSPS) is 10.4. The molecule has 0 radical (unpaired) electrons. The molecule has 0 aliphatic rings. The third-order valence-electron chi connectivity index (χ3n) is 3.41. The second-order valence-corrected chi connectivity index (χ2v) is 5.46. The summed E-state index contributed by atoms with van der Waals surface area (Å²) in [4.78, 5) is 23.3. The zero-order chi connectivity index (χ0) is 17.0. The Balaban J connectivity index is 2.66. The van der Waals surface area contributed by atoms with Crippen molar-refractivity contribution >= 4 is 16.9 Å². The number of esters is 1. The SMILES string of the molecule is COc1c(CC=C(C)C)c(=O)oc2cccc(COC(C)=O)c12. The number of carbonyl (C=O) groups excluding carboxylic acids is 1. The Bertz CT molecular complexity index is 810. The van der Waals surface area contributed by atoms with E-state index in [0.29, 0.717) is 28.7 Å². The molecule has 0 bridgehead atoms. The molecule has 0 amide bonds. The average molecular weight is 316 g/mol. The third-order valence-corrected chi connectivity index (χ3v) is 3.41. The Hall–Kier alpha value is -2.56. The summed E-state index contributed by atoms with van der Waals surface area (Å²) in [6.45, 7) is 5.37. The van der Waals surface area contributed by atoms with Gasteiger partial charge in [-0.2, -0.15) is 0 Å². The van der Waals surface area contributed by atoms with Crippen molar-refractivity contribution in [2.24, 2.45) is 0 Å². The van der Waals surface area contributed by atoms with Crippen molar-refractivity contribution in [3.8, 4) is 5.75 Å². The van der Waals surface area contributed by atoms with Crippen molar-refractivity contribution < 1.29 is 18.7 Å². The molecule has 0 aliphatic heterocycles. The highest BCUT2D eigenvalue weighted by Gasteiger charge is 2.17. The molecule has 1 aromatic carbocycles. The predicted octanol–water partition coefficient (Wildman–Crippen LogP) is 3.37. The Kier molecular flexibility index (Phi) is 5.21. The van der Waals surface area contributed by atoms with E-state index < -0.39 is 5.63 Å². The van der Waals surface area contributed by atoms with Crippen molar-refractivity contribution in [1.29, 1.82) is 0 Å². The number of rotatable bonds is 5. The lowest BCUT2D eigenvalue weighted by atomic mass is 10.0. The third kappa shape index (κ3) is 3.80. The standard InChI is InChI=1S/C18H20O5/c1-11(2)8-9-14-17(21-4)16-13(10-22-12(3)19)6-5-7-15(16)23-18(14)20/h5-8H,9-10H2,1-4H3. The van der Waals surface area contributed by atoms with Crippen molar-refractivity contribution in [2.45, 2.75) is 33.8 Å². The van der Waals surface area contributed by atoms with E-state index in [1.807, 2.05) is 26.0 Å². The molecule has 0 fully saturated rings. The van der Waals surface area contributed by atoms with E-state index in [1.165, 1.54) is 14.0 Å². The first-order valence-electron chi connectivity index (χ1n) is 7.32. The van der Waals surface area contributed by atoms with Gasteiger partial charge in [0, 0.05) is 18.9 Å². The zero-order valence-corrected chi connectivity index (χ0v) is 13.8. The molecule has 23 heavy (non-hydrogen) atoms. The predicted molar refractivity (Wildman–Crippen MR) is 87.6 cm³/mol. The minimum atomic E-state index is -0.420. The van der Waals surface area contributed by atoms with Crippen molar-refractivity contribution in [1.82, 2.24) is 0 Å². The lowest BCUT2D eigenvalue weighted by Gasteiger charge is -2.13. The number of carbonyl (C=O) groups is 1. The fraction of sp³-hybridized carbons (Fsp3) is 0.333. The van der Waals surface area contributed by atoms with Crippen molar-refractivity contribution in [3.05, 3.63) is 51.4 Å². The summed E-state index contributed by atoms with van der Waals surface area (Å²) in [5.41, 5.74) is 2.28. The number of ether oxygens (including phenoxy) is 2. The van der Waals surface area contributed by atoms with Crippen LogP contribution < -0.4 is 10.4 Å². The van der Waals surface area contributed by atoms with Crippen molar-refractivity contribution in [2.75, 3.05) is 7.11 Å². The smallest absolute Gasteiger partial charge is 0.343 e. The van der Waals surface area contributed by atoms with E-state index in [1.54, 1.807) is 12.1 Å². The first-order valence-corrected chi connectivity index (χ1v) is 7.32. The molecule has 0 saturated heterocycles. The number of hydrogen-bond acceptors (Lipinski definition) is 5. The molecule has 122 valence electrons. The van der Waals surface area contributed by atoms with Crippen LogP contribution in [-0.4, -0.2) is 13.1 Å². The van der Waals surface area contributed by atoms with Crippen LogP contribution in [0.4, 0.5) is 0 Å². The maximum atomic E-state index is 12.2. The van der Waals surface area contributed by atoms with Crippen LogP contribution in [0.3, 0.4) is 0 Å². The van der Waals surface area contributed by atoms with Crippen LogP contribution in [0.2, 0.25) is 0 Å². The highest BCUT2D eigenvalue weighted by molar-refractivity contribution is 5.88. The molecule has 0 aliphatic carbocycles. The van der Waals surface area contributed by atoms with E-state index in [-0.39, 0.29) is 12.6 Å². The van der Waals surface area contributed by atoms with Gasteiger partial charge in [-0.3, -0.25) is 4.79 Å². The van der Waals surface area contributed by atoms with Crippen LogP contribution in [0.1, 0.15) is 31.9 Å². The zero-order valence-electron chi connectivity index (χ0n) is 13.8. The van der Waals surface area contributed by atoms with Gasteiger partial charge < -0.3 is 13.9 Å². The van der Waals surface area contributed by atoms with E-state index in [0.717, 1.165) is 11.1 Å². The van der Waals surface area contributed by atoms with Gasteiger partial charge in [-0.15, -0.1) is 0 Å². The molecule has 1 aromatic heterocycles. The maximum absolute atomic E-state index is 12.2. The molecule has 2 aromatic rings. The van der Waals surface area contributed by atoms with Crippen LogP contribution in [-0.2, 0) is 22.6 Å². The average Bonchev–Trinajstić information content (AvgIpc) is 2.49. The van der Waals surface area contributed by atoms with Gasteiger partial charge in [0.25, 0.3) is 0 Å². The summed E-state index contributed by atoms with van der Waals surface area (Å²) in [7, 11) is 1.52. The number of allylic oxidation sites excluding steroid dienone is 2. The summed E-state index contributed by atoms with van der Waals surface area (Å²) < 4.78 is 16.0. The summed E-state index contributed by atoms with van der Waals surface area (Å²) in [6, 6.07) is 5.26. The van der Waals surface area contributed by atoms with Crippen LogP contribution in [0.15, 0.2) is 39.1 Å². The Labute approximate surface area is 134 Å². The molecule has 0 saturated carbocycles. The van der Waals surface area contributed by atoms with E-state index in [4.69, 9.17) is 13.9 Å². The van der Waals surface area contributed by atoms with Crippen LogP contribution >= 0.6 is 0 Å². The van der Waals surface area contributed by atoms with Gasteiger partial charge in [-0.05, 0) is 19.9 Å². The van der Waals surface area contributed by atoms with Gasteiger partial charge in [0.15, 0.2) is 0 Å². The number of hydrogen-bond donors (Lipinski definition) is 0. The number of methoxy groups -OCH3 is 1. The molecule has 5 heteroatoms. The van der Waals surface area contributed by atoms with Gasteiger partial charge in [-0.1, -0.05) is 23.8 Å². The van der Waals surface area contributed by atoms with E-state index in [9.17, 15) is 9.59 Å². The van der Waals surface area contributed by atoms with Gasteiger partial charge in [0.2, 0.25) is 0 Å². The van der Waals surface area contributed by atoms with E-state index in [2.05, 4.69) is 0 Å². The van der Waals surface area contributed by atoms with Crippen LogP contribution in [0, 0.1) is 0 Å². The lowest BCUT2D eigenvalue weighted by molar-refractivity contribution is -0.142. The van der Waals surface area contributed by atoms with E-state index >= 15 is 0 Å². The molecule has 0 atom stereocenters. The molecular weight excluding hydrogens is 296 g/mol. The molecule has 5 nitrogen and oxygen atoms in total. The molecular formula is C18H20O5. The molecule has 1 heterocycles. The Morgan fingerprint density at radius 2 is 2.00 bits per heavy atom. The quantitative estimate of drug-likeness (QED) is 0.481. The Morgan fingerprint density at radius 3 is 2.61 bits per heavy atom. The van der Waals surface area contributed by atoms with Gasteiger partial charge in [0.1, 0.15) is 17.9 Å². The first-order chi connectivity index (χ1) is 10.9. The fourth-order valence-electron chi connectivity index (χ4n) is 2.33. The van der Waals surface area contributed by atoms with Gasteiger partial charge in [-0.25, -0.2) is 4.79 Å². The maximum Gasteiger partial charge on any atom is 0.343 e. The van der Waals surface area contributed by atoms with Gasteiger partial charge >= 0.3 is 11.6 Å². The lowest BCUT2D eigenvalue weighted by Crippen LogP contribution is -2.11. The minimum Gasteiger partial charge on any atom is -0.495 e. The minimum absolute atomic E-state index is 0.0961. The summed E-state index contributed by atoms with van der Waals surface area (Å²) >= 11 is 0. The summed E-state index contributed by atoms with van der Waals surface area (Å²) in [5, 5.41) is 0.660. The molecule has 0 N–H and O–H groups in total.